The fourth-order valence-electron chi connectivity index (χ4n) is 2.07. The molecule has 166 valence electrons. The van der Waals surface area contributed by atoms with Gasteiger partial charge in [-0.2, -0.15) is 13.6 Å². The van der Waals surface area contributed by atoms with Gasteiger partial charge in [-0.05, 0) is 6.04 Å². The molecular weight excluding hydrogens is 467 g/mol. The van der Waals surface area contributed by atoms with E-state index >= 15 is 0 Å². The predicted molar refractivity (Wildman–Crippen MR) is 88.6 cm³/mol. The predicted octanol–water partition coefficient (Wildman–Crippen LogP) is -2.21. The summed E-state index contributed by atoms with van der Waals surface area (Å²) in [5.74, 6) is -0.580. The standard InChI is InChI=1S/C9H16N3O14P3/c10-5-1-2-12(9(15)11-5)8-7(14)6(13)4(24-8)3-23-28(19,20)26-29(21,22)25-27(16,17)18/h1-2,4,6-8,13-14H,3H2,(H,19,20)(H,21,22)(H2,10,11,15)(H2,16,17,18)/t4-,6-,7-,8-/m1/s1/i1D,2D. The van der Waals surface area contributed by atoms with Crippen LogP contribution in [0.25, 0.3) is 0 Å². The van der Waals surface area contributed by atoms with Crippen LogP contribution >= 0.6 is 23.5 Å². The molecule has 0 aromatic carbocycles. The highest BCUT2D eigenvalue weighted by molar-refractivity contribution is 7.66. The van der Waals surface area contributed by atoms with Crippen molar-refractivity contribution in [2.75, 3.05) is 12.3 Å². The lowest BCUT2D eigenvalue weighted by Gasteiger charge is -2.19. The highest BCUT2D eigenvalue weighted by Crippen LogP contribution is 2.66. The molecule has 1 aromatic heterocycles. The molecule has 17 nitrogen and oxygen atoms in total. The number of hydrogen-bond acceptors (Lipinski definition) is 12. The largest absolute Gasteiger partial charge is 0.490 e. The van der Waals surface area contributed by atoms with Crippen LogP contribution in [0.2, 0.25) is 0 Å². The minimum atomic E-state index is -5.77. The highest BCUT2D eigenvalue weighted by Gasteiger charge is 2.46. The van der Waals surface area contributed by atoms with E-state index in [1.807, 2.05) is 0 Å². The van der Waals surface area contributed by atoms with E-state index in [1.54, 1.807) is 0 Å². The first-order valence-corrected chi connectivity index (χ1v) is 11.6. The monoisotopic (exact) mass is 485 g/mol. The molecule has 1 aliphatic rings. The Kier molecular flexibility index (Phi) is 6.30. The summed E-state index contributed by atoms with van der Waals surface area (Å²) < 4.78 is 65.6. The molecule has 0 aliphatic carbocycles. The molecule has 2 rings (SSSR count). The van der Waals surface area contributed by atoms with Crippen molar-refractivity contribution in [1.29, 1.82) is 0 Å². The fourth-order valence-corrected chi connectivity index (χ4v) is 5.10. The molecule has 2 heterocycles. The van der Waals surface area contributed by atoms with Crippen LogP contribution in [-0.4, -0.2) is 64.3 Å². The van der Waals surface area contributed by atoms with Crippen LogP contribution in [0.1, 0.15) is 8.97 Å². The zero-order valence-electron chi connectivity index (χ0n) is 15.8. The second-order valence-electron chi connectivity index (χ2n) is 5.32. The number of nitrogens with two attached hydrogens (primary N) is 1. The van der Waals surface area contributed by atoms with E-state index in [1.165, 1.54) is 0 Å². The van der Waals surface area contributed by atoms with Crippen LogP contribution < -0.4 is 11.4 Å². The molecule has 1 saturated heterocycles. The SMILES string of the molecule is [2H]c1c(N)nc(=O)n([C@@H]2O[C@H](COP(=O)(O)OP(=O)(O)OP(=O)(O)O)[C@@H](O)[C@H]2O)c1[2H]. The molecule has 8 N–H and O–H groups in total. The van der Waals surface area contributed by atoms with Crippen LogP contribution in [0.4, 0.5) is 5.82 Å². The number of rotatable bonds is 8. The van der Waals surface area contributed by atoms with Crippen molar-refractivity contribution in [3.8, 4) is 0 Å². The van der Waals surface area contributed by atoms with Gasteiger partial charge in [-0.3, -0.25) is 9.09 Å². The van der Waals surface area contributed by atoms with Gasteiger partial charge < -0.3 is 40.3 Å². The van der Waals surface area contributed by atoms with Crippen molar-refractivity contribution in [2.45, 2.75) is 24.5 Å². The van der Waals surface area contributed by atoms with Gasteiger partial charge >= 0.3 is 29.2 Å². The van der Waals surface area contributed by atoms with Gasteiger partial charge in [0.05, 0.1) is 9.35 Å². The molecule has 1 fully saturated rings. The number of anilines is 1. The van der Waals surface area contributed by atoms with E-state index < -0.39 is 78.3 Å². The molecular formula is C9H16N3O14P3. The summed E-state index contributed by atoms with van der Waals surface area (Å²) >= 11 is 0. The molecule has 1 aromatic rings. The Bertz CT molecular complexity index is 1050. The highest BCUT2D eigenvalue weighted by atomic mass is 31.3. The third-order valence-electron chi connectivity index (χ3n) is 3.14. The molecule has 0 amide bonds. The van der Waals surface area contributed by atoms with Gasteiger partial charge in [0.1, 0.15) is 24.1 Å². The number of nitrogen functional groups attached to an aromatic ring is 1. The number of ether oxygens (including phenoxy) is 1. The lowest BCUT2D eigenvalue weighted by Crippen LogP contribution is -2.36. The van der Waals surface area contributed by atoms with Gasteiger partial charge in [0, 0.05) is 6.17 Å². The van der Waals surface area contributed by atoms with Gasteiger partial charge in [0.15, 0.2) is 6.23 Å². The number of aromatic nitrogens is 2. The molecule has 0 bridgehead atoms. The molecule has 1 aliphatic heterocycles. The zero-order valence-corrected chi connectivity index (χ0v) is 16.5. The molecule has 0 radical (unpaired) electrons. The van der Waals surface area contributed by atoms with Crippen LogP contribution in [-0.2, 0) is 31.6 Å². The first-order valence-electron chi connectivity index (χ1n) is 8.09. The van der Waals surface area contributed by atoms with Gasteiger partial charge in [-0.25, -0.2) is 18.5 Å². The average molecular weight is 485 g/mol. The zero-order chi connectivity index (χ0) is 23.9. The molecule has 20 heteroatoms. The maximum absolute atomic E-state index is 12.0. The van der Waals surface area contributed by atoms with Gasteiger partial charge in [0.2, 0.25) is 0 Å². The van der Waals surface area contributed by atoms with Crippen LogP contribution in [0.15, 0.2) is 17.0 Å². The lowest BCUT2D eigenvalue weighted by atomic mass is 10.1. The molecule has 29 heavy (non-hydrogen) atoms. The summed E-state index contributed by atoms with van der Waals surface area (Å²) in [5, 5.41) is 20.1. The Hall–Kier alpha value is -1.03. The van der Waals surface area contributed by atoms with Crippen LogP contribution in [0, 0.1) is 0 Å². The summed E-state index contributed by atoms with van der Waals surface area (Å²) in [6.45, 7) is -1.13. The Morgan fingerprint density at radius 3 is 2.38 bits per heavy atom. The van der Waals surface area contributed by atoms with E-state index in [0.717, 1.165) is 0 Å². The summed E-state index contributed by atoms with van der Waals surface area (Å²) in [6.07, 6.45) is -8.16. The lowest BCUT2D eigenvalue weighted by molar-refractivity contribution is -0.0541. The van der Waals surface area contributed by atoms with E-state index in [9.17, 15) is 33.6 Å². The van der Waals surface area contributed by atoms with E-state index in [2.05, 4.69) is 18.1 Å². The summed E-state index contributed by atoms with van der Waals surface area (Å²) in [6, 6.07) is -0.693. The Morgan fingerprint density at radius 2 is 1.79 bits per heavy atom. The number of phosphoric ester groups is 1. The van der Waals surface area contributed by atoms with Crippen LogP contribution in [0.3, 0.4) is 0 Å². The molecule has 2 unspecified atom stereocenters. The first-order chi connectivity index (χ1) is 13.9. The van der Waals surface area contributed by atoms with Crippen molar-refractivity contribution >= 4 is 29.3 Å². The van der Waals surface area contributed by atoms with Gasteiger partial charge in [-0.15, -0.1) is 0 Å². The minimum absolute atomic E-state index is 0.372. The molecule has 6 atom stereocenters. The maximum atomic E-state index is 12.0. The minimum Gasteiger partial charge on any atom is -0.387 e. The second-order valence-corrected chi connectivity index (χ2v) is 9.74. The normalized spacial score (nSPS) is 30.3. The van der Waals surface area contributed by atoms with Crippen molar-refractivity contribution in [3.63, 3.8) is 0 Å². The number of phosphoric acid groups is 3. The number of nitrogens with zero attached hydrogens (tertiary/aromatic N) is 2. The van der Waals surface area contributed by atoms with E-state index in [0.29, 0.717) is 4.57 Å². The topological polar surface area (TPSA) is 270 Å². The van der Waals surface area contributed by atoms with E-state index in [-0.39, 0.29) is 0 Å². The average Bonchev–Trinajstić information content (AvgIpc) is 2.83. The molecule has 0 saturated carbocycles. The smallest absolute Gasteiger partial charge is 0.387 e. The molecule has 0 spiro atoms. The Balaban J connectivity index is 2.14. The number of aliphatic hydroxyl groups is 2. The summed E-state index contributed by atoms with van der Waals surface area (Å²) in [7, 11) is -16.9. The summed E-state index contributed by atoms with van der Waals surface area (Å²) in [5.41, 5.74) is 4.06. The van der Waals surface area contributed by atoms with Gasteiger partial charge in [-0.1, -0.05) is 0 Å². The first kappa shape index (κ1) is 21.2. The fraction of sp³-hybridized carbons (Fsp3) is 0.556. The Morgan fingerprint density at radius 1 is 1.17 bits per heavy atom. The third-order valence-corrected chi connectivity index (χ3v) is 6.94. The van der Waals surface area contributed by atoms with Crippen molar-refractivity contribution < 1.29 is 64.1 Å². The Labute approximate surface area is 163 Å². The third kappa shape index (κ3) is 6.73. The van der Waals surface area contributed by atoms with Crippen molar-refractivity contribution in [3.05, 3.63) is 22.7 Å². The van der Waals surface area contributed by atoms with E-state index in [4.69, 9.17) is 27.9 Å². The quantitative estimate of drug-likeness (QED) is 0.192. The number of aliphatic hydroxyl groups excluding tert-OH is 2. The van der Waals surface area contributed by atoms with Crippen LogP contribution in [0.5, 0.6) is 0 Å². The van der Waals surface area contributed by atoms with Crippen molar-refractivity contribution in [2.24, 2.45) is 0 Å². The maximum Gasteiger partial charge on any atom is 0.490 e. The van der Waals surface area contributed by atoms with Gasteiger partial charge in [0.25, 0.3) is 0 Å². The number of hydrogen-bond donors (Lipinski definition) is 7. The summed E-state index contributed by atoms with van der Waals surface area (Å²) in [4.78, 5) is 50.6. The second kappa shape index (κ2) is 8.61. The van der Waals surface area contributed by atoms with Crippen molar-refractivity contribution in [1.82, 2.24) is 9.55 Å².